The molecule has 0 fully saturated rings. The van der Waals surface area contributed by atoms with Crippen molar-refractivity contribution in [3.8, 4) is 0 Å². The lowest BCUT2D eigenvalue weighted by Crippen LogP contribution is -2.16. The second kappa shape index (κ2) is 5.35. The molecule has 2 aromatic rings. The summed E-state index contributed by atoms with van der Waals surface area (Å²) in [7, 11) is -3.99. The fourth-order valence-corrected chi connectivity index (χ4v) is 1.98. The Bertz CT molecular complexity index is 748. The number of primary sulfonamides is 1. The van der Waals surface area contributed by atoms with E-state index in [0.717, 1.165) is 18.2 Å². The van der Waals surface area contributed by atoms with Crippen LogP contribution >= 0.6 is 0 Å². The van der Waals surface area contributed by atoms with Crippen LogP contribution in [0.2, 0.25) is 0 Å². The normalized spacial score (nSPS) is 11.1. The maximum absolute atomic E-state index is 13.7. The molecule has 0 radical (unpaired) electrons. The standard InChI is InChI=1S/C12H10FN3O3S/c13-9-7-8(20(14,18)19)4-5-10(9)16-12(17)11-3-1-2-6-15-11/h1-7H,(H,16,17)(H2,14,18,19). The van der Waals surface area contributed by atoms with E-state index in [1.807, 2.05) is 0 Å². The number of aromatic nitrogens is 1. The van der Waals surface area contributed by atoms with Gasteiger partial charge < -0.3 is 5.32 Å². The predicted octanol–water partition coefficient (Wildman–Crippen LogP) is 1.12. The topological polar surface area (TPSA) is 102 Å². The first kappa shape index (κ1) is 14.1. The highest BCUT2D eigenvalue weighted by atomic mass is 32.2. The van der Waals surface area contributed by atoms with Crippen molar-refractivity contribution in [2.24, 2.45) is 5.14 Å². The molecular formula is C12H10FN3O3S. The minimum Gasteiger partial charge on any atom is -0.318 e. The van der Waals surface area contributed by atoms with Gasteiger partial charge in [-0.1, -0.05) is 6.07 Å². The molecule has 0 spiro atoms. The quantitative estimate of drug-likeness (QED) is 0.885. The fraction of sp³-hybridized carbons (Fsp3) is 0. The Morgan fingerprint density at radius 1 is 1.25 bits per heavy atom. The van der Waals surface area contributed by atoms with Crippen LogP contribution in [0.25, 0.3) is 0 Å². The number of rotatable bonds is 3. The number of benzene rings is 1. The average molecular weight is 295 g/mol. The van der Waals surface area contributed by atoms with Crippen molar-refractivity contribution in [1.29, 1.82) is 0 Å². The van der Waals surface area contributed by atoms with Gasteiger partial charge in [0.15, 0.2) is 0 Å². The molecule has 0 unspecified atom stereocenters. The number of hydrogen-bond acceptors (Lipinski definition) is 4. The van der Waals surface area contributed by atoms with Crippen LogP contribution < -0.4 is 10.5 Å². The van der Waals surface area contributed by atoms with E-state index in [1.54, 1.807) is 12.1 Å². The number of carbonyl (C=O) groups is 1. The summed E-state index contributed by atoms with van der Waals surface area (Å²) in [6.45, 7) is 0. The molecule has 0 bridgehead atoms. The monoisotopic (exact) mass is 295 g/mol. The van der Waals surface area contributed by atoms with Crippen LogP contribution in [0, 0.1) is 5.82 Å². The second-order valence-corrected chi connectivity index (χ2v) is 5.42. The van der Waals surface area contributed by atoms with Crippen LogP contribution in [0.15, 0.2) is 47.5 Å². The highest BCUT2D eigenvalue weighted by Crippen LogP contribution is 2.18. The fourth-order valence-electron chi connectivity index (χ4n) is 1.46. The first-order chi connectivity index (χ1) is 9.38. The van der Waals surface area contributed by atoms with Gasteiger partial charge in [-0.2, -0.15) is 0 Å². The summed E-state index contributed by atoms with van der Waals surface area (Å²) in [5, 5.41) is 7.17. The first-order valence-corrected chi connectivity index (χ1v) is 6.97. The maximum atomic E-state index is 13.7. The van der Waals surface area contributed by atoms with Crippen molar-refractivity contribution < 1.29 is 17.6 Å². The van der Waals surface area contributed by atoms with E-state index in [1.165, 1.54) is 12.3 Å². The van der Waals surface area contributed by atoms with Gasteiger partial charge in [0.05, 0.1) is 10.6 Å². The van der Waals surface area contributed by atoms with Crippen LogP contribution in [0.4, 0.5) is 10.1 Å². The number of hydrogen-bond donors (Lipinski definition) is 2. The average Bonchev–Trinajstić information content (AvgIpc) is 2.41. The summed E-state index contributed by atoms with van der Waals surface area (Å²) in [6, 6.07) is 7.68. The van der Waals surface area contributed by atoms with E-state index in [-0.39, 0.29) is 16.3 Å². The van der Waals surface area contributed by atoms with Crippen LogP contribution in [0.3, 0.4) is 0 Å². The van der Waals surface area contributed by atoms with Gasteiger partial charge in [-0.05, 0) is 30.3 Å². The summed E-state index contributed by atoms with van der Waals surface area (Å²) in [5.74, 6) is -1.51. The van der Waals surface area contributed by atoms with Gasteiger partial charge in [-0.15, -0.1) is 0 Å². The number of nitrogens with one attached hydrogen (secondary N) is 1. The third kappa shape index (κ3) is 3.16. The Morgan fingerprint density at radius 3 is 2.55 bits per heavy atom. The number of halogens is 1. The van der Waals surface area contributed by atoms with Crippen molar-refractivity contribution in [3.05, 3.63) is 54.1 Å². The highest BCUT2D eigenvalue weighted by Gasteiger charge is 2.14. The molecule has 1 aromatic heterocycles. The van der Waals surface area contributed by atoms with Crippen LogP contribution in [-0.4, -0.2) is 19.3 Å². The molecule has 0 atom stereocenters. The molecule has 0 saturated carbocycles. The van der Waals surface area contributed by atoms with Crippen molar-refractivity contribution in [2.75, 3.05) is 5.32 Å². The summed E-state index contributed by atoms with van der Waals surface area (Å²) < 4.78 is 35.8. The van der Waals surface area contributed by atoms with E-state index in [9.17, 15) is 17.6 Å². The zero-order valence-corrected chi connectivity index (χ0v) is 10.9. The lowest BCUT2D eigenvalue weighted by Gasteiger charge is -2.07. The Labute approximate surface area is 114 Å². The first-order valence-electron chi connectivity index (χ1n) is 5.42. The number of sulfonamides is 1. The van der Waals surface area contributed by atoms with Crippen LogP contribution in [0.5, 0.6) is 0 Å². The Balaban J connectivity index is 2.25. The molecule has 2 rings (SSSR count). The number of anilines is 1. The van der Waals surface area contributed by atoms with Crippen LogP contribution in [0.1, 0.15) is 10.5 Å². The zero-order chi connectivity index (χ0) is 14.8. The summed E-state index contributed by atoms with van der Waals surface area (Å²) >= 11 is 0. The Hall–Kier alpha value is -2.32. The van der Waals surface area contributed by atoms with E-state index in [0.29, 0.717) is 0 Å². The largest absolute Gasteiger partial charge is 0.318 e. The molecule has 8 heteroatoms. The molecule has 0 aliphatic carbocycles. The van der Waals surface area contributed by atoms with E-state index in [4.69, 9.17) is 5.14 Å². The van der Waals surface area contributed by atoms with Gasteiger partial charge in [0.1, 0.15) is 11.5 Å². The molecule has 1 amide bonds. The molecule has 20 heavy (non-hydrogen) atoms. The molecule has 1 aromatic carbocycles. The van der Waals surface area contributed by atoms with Crippen molar-refractivity contribution >= 4 is 21.6 Å². The van der Waals surface area contributed by atoms with Crippen LogP contribution in [-0.2, 0) is 10.0 Å². The van der Waals surface area contributed by atoms with E-state index < -0.39 is 21.7 Å². The van der Waals surface area contributed by atoms with Gasteiger partial charge >= 0.3 is 0 Å². The minimum atomic E-state index is -3.99. The summed E-state index contributed by atoms with van der Waals surface area (Å²) in [6.07, 6.45) is 1.43. The molecule has 0 aliphatic heterocycles. The summed E-state index contributed by atoms with van der Waals surface area (Å²) in [5.41, 5.74) is -0.0459. The van der Waals surface area contributed by atoms with Gasteiger partial charge in [0, 0.05) is 6.20 Å². The van der Waals surface area contributed by atoms with Crippen molar-refractivity contribution in [1.82, 2.24) is 4.98 Å². The van der Waals surface area contributed by atoms with Gasteiger partial charge in [-0.3, -0.25) is 9.78 Å². The zero-order valence-electron chi connectivity index (χ0n) is 10.1. The summed E-state index contributed by atoms with van der Waals surface area (Å²) in [4.78, 5) is 15.2. The van der Waals surface area contributed by atoms with E-state index in [2.05, 4.69) is 10.3 Å². The molecule has 3 N–H and O–H groups in total. The van der Waals surface area contributed by atoms with Crippen molar-refractivity contribution in [3.63, 3.8) is 0 Å². The maximum Gasteiger partial charge on any atom is 0.274 e. The number of carbonyl (C=O) groups excluding carboxylic acids is 1. The SMILES string of the molecule is NS(=O)(=O)c1ccc(NC(=O)c2ccccn2)c(F)c1. The molecule has 1 heterocycles. The van der Waals surface area contributed by atoms with Crippen molar-refractivity contribution in [2.45, 2.75) is 4.90 Å². The number of nitrogens with two attached hydrogens (primary N) is 1. The van der Waals surface area contributed by atoms with Gasteiger partial charge in [0.2, 0.25) is 10.0 Å². The molecule has 0 aliphatic rings. The highest BCUT2D eigenvalue weighted by molar-refractivity contribution is 7.89. The molecular weight excluding hydrogens is 285 g/mol. The van der Waals surface area contributed by atoms with Gasteiger partial charge in [-0.25, -0.2) is 17.9 Å². The second-order valence-electron chi connectivity index (χ2n) is 3.86. The number of nitrogens with zero attached hydrogens (tertiary/aromatic N) is 1. The molecule has 104 valence electrons. The molecule has 0 saturated heterocycles. The minimum absolute atomic E-state index is 0.113. The number of pyridine rings is 1. The third-order valence-electron chi connectivity index (χ3n) is 2.41. The van der Waals surface area contributed by atoms with Gasteiger partial charge in [0.25, 0.3) is 5.91 Å². The third-order valence-corrected chi connectivity index (χ3v) is 3.33. The van der Waals surface area contributed by atoms with E-state index >= 15 is 0 Å². The lowest BCUT2D eigenvalue weighted by atomic mass is 10.3. The lowest BCUT2D eigenvalue weighted by molar-refractivity contribution is 0.102. The smallest absolute Gasteiger partial charge is 0.274 e. The number of amides is 1. The molecule has 6 nitrogen and oxygen atoms in total. The Kier molecular flexibility index (Phi) is 3.77. The predicted molar refractivity (Wildman–Crippen MR) is 70.0 cm³/mol. The Morgan fingerprint density at radius 2 is 2.00 bits per heavy atom.